The fourth-order valence-corrected chi connectivity index (χ4v) is 3.48. The standard InChI is InChI=1S/C21H32O4/c1-5-24-21(22)17(4)20-15(2)11-12-19(25-20)16(3)13-23-14-18-9-7-6-8-10-18/h6-10,15-17,19-20H,5,11-14H2,1-4H3/t15-,16-,17-,19-,20-/m1/s1. The van der Waals surface area contributed by atoms with Crippen LogP contribution in [0.2, 0.25) is 0 Å². The molecule has 5 atom stereocenters. The molecule has 140 valence electrons. The third-order valence-corrected chi connectivity index (χ3v) is 5.08. The Morgan fingerprint density at radius 2 is 1.96 bits per heavy atom. The molecule has 1 aromatic carbocycles. The van der Waals surface area contributed by atoms with Crippen LogP contribution in [0.25, 0.3) is 0 Å². The molecule has 1 aliphatic rings. The third-order valence-electron chi connectivity index (χ3n) is 5.08. The zero-order valence-electron chi connectivity index (χ0n) is 15.9. The van der Waals surface area contributed by atoms with Gasteiger partial charge >= 0.3 is 5.97 Å². The van der Waals surface area contributed by atoms with Crippen molar-refractivity contribution in [2.45, 2.75) is 59.4 Å². The summed E-state index contributed by atoms with van der Waals surface area (Å²) in [6.45, 7) is 9.77. The van der Waals surface area contributed by atoms with Gasteiger partial charge in [0.1, 0.15) is 0 Å². The van der Waals surface area contributed by atoms with Crippen molar-refractivity contribution in [1.29, 1.82) is 0 Å². The molecular formula is C21H32O4. The summed E-state index contributed by atoms with van der Waals surface area (Å²) in [5, 5.41) is 0. The van der Waals surface area contributed by atoms with Crippen molar-refractivity contribution in [3.05, 3.63) is 35.9 Å². The van der Waals surface area contributed by atoms with Crippen LogP contribution in [0, 0.1) is 17.8 Å². The summed E-state index contributed by atoms with van der Waals surface area (Å²) < 4.78 is 17.4. The fraction of sp³-hybridized carbons (Fsp3) is 0.667. The Kier molecular flexibility index (Phi) is 7.91. The molecule has 1 aromatic rings. The van der Waals surface area contributed by atoms with E-state index in [0.29, 0.717) is 31.7 Å². The van der Waals surface area contributed by atoms with E-state index in [2.05, 4.69) is 26.0 Å². The summed E-state index contributed by atoms with van der Waals surface area (Å²) in [5.41, 5.74) is 1.18. The Balaban J connectivity index is 1.83. The number of ether oxygens (including phenoxy) is 3. The minimum absolute atomic E-state index is 0.0747. The van der Waals surface area contributed by atoms with Crippen molar-refractivity contribution >= 4 is 5.97 Å². The zero-order chi connectivity index (χ0) is 18.2. The molecule has 0 unspecified atom stereocenters. The highest BCUT2D eigenvalue weighted by Gasteiger charge is 2.37. The van der Waals surface area contributed by atoms with E-state index in [4.69, 9.17) is 14.2 Å². The summed E-state index contributed by atoms with van der Waals surface area (Å²) in [6, 6.07) is 10.2. The van der Waals surface area contributed by atoms with Gasteiger partial charge in [-0.1, -0.05) is 44.2 Å². The van der Waals surface area contributed by atoms with E-state index in [9.17, 15) is 4.79 Å². The number of carbonyl (C=O) groups is 1. The van der Waals surface area contributed by atoms with E-state index in [1.54, 1.807) is 0 Å². The lowest BCUT2D eigenvalue weighted by Gasteiger charge is -2.39. The van der Waals surface area contributed by atoms with Gasteiger partial charge in [0.05, 0.1) is 37.9 Å². The maximum atomic E-state index is 12.1. The normalized spacial score (nSPS) is 26.0. The Hall–Kier alpha value is -1.39. The smallest absolute Gasteiger partial charge is 0.311 e. The van der Waals surface area contributed by atoms with Crippen LogP contribution in [0.1, 0.15) is 46.1 Å². The van der Waals surface area contributed by atoms with Crippen molar-refractivity contribution in [1.82, 2.24) is 0 Å². The lowest BCUT2D eigenvalue weighted by Crippen LogP contribution is -2.44. The fourth-order valence-electron chi connectivity index (χ4n) is 3.48. The van der Waals surface area contributed by atoms with Gasteiger partial charge in [-0.15, -0.1) is 0 Å². The van der Waals surface area contributed by atoms with E-state index in [1.165, 1.54) is 5.56 Å². The number of rotatable bonds is 8. The lowest BCUT2D eigenvalue weighted by atomic mass is 9.84. The van der Waals surface area contributed by atoms with Crippen LogP contribution in [-0.4, -0.2) is 31.4 Å². The maximum absolute atomic E-state index is 12.1. The highest BCUT2D eigenvalue weighted by Crippen LogP contribution is 2.33. The summed E-state index contributed by atoms with van der Waals surface area (Å²) in [7, 11) is 0. The molecule has 0 radical (unpaired) electrons. The van der Waals surface area contributed by atoms with Crippen LogP contribution in [0.3, 0.4) is 0 Å². The number of hydrogen-bond donors (Lipinski definition) is 0. The van der Waals surface area contributed by atoms with Gasteiger partial charge in [-0.25, -0.2) is 0 Å². The molecular weight excluding hydrogens is 316 g/mol. The van der Waals surface area contributed by atoms with E-state index in [0.717, 1.165) is 12.8 Å². The molecule has 4 nitrogen and oxygen atoms in total. The van der Waals surface area contributed by atoms with Gasteiger partial charge in [0.15, 0.2) is 0 Å². The molecule has 25 heavy (non-hydrogen) atoms. The molecule has 4 heteroatoms. The van der Waals surface area contributed by atoms with Gasteiger partial charge in [-0.05, 0) is 38.2 Å². The highest BCUT2D eigenvalue weighted by molar-refractivity contribution is 5.72. The van der Waals surface area contributed by atoms with Crippen molar-refractivity contribution in [2.24, 2.45) is 17.8 Å². The van der Waals surface area contributed by atoms with Gasteiger partial charge in [-0.2, -0.15) is 0 Å². The largest absolute Gasteiger partial charge is 0.466 e. The molecule has 1 aliphatic heterocycles. The number of carbonyl (C=O) groups excluding carboxylic acids is 1. The van der Waals surface area contributed by atoms with Gasteiger partial charge in [0.2, 0.25) is 0 Å². The minimum Gasteiger partial charge on any atom is -0.466 e. The maximum Gasteiger partial charge on any atom is 0.311 e. The van der Waals surface area contributed by atoms with Crippen LogP contribution < -0.4 is 0 Å². The number of hydrogen-bond acceptors (Lipinski definition) is 4. The highest BCUT2D eigenvalue weighted by atomic mass is 16.5. The third kappa shape index (κ3) is 5.82. The number of esters is 1. The SMILES string of the molecule is CCOC(=O)[C@H](C)[C@@H]1O[C@@H]([C@H](C)COCc2ccccc2)CC[C@H]1C. The topological polar surface area (TPSA) is 44.8 Å². The zero-order valence-corrected chi connectivity index (χ0v) is 15.9. The minimum atomic E-state index is -0.227. The quantitative estimate of drug-likeness (QED) is 0.660. The summed E-state index contributed by atoms with van der Waals surface area (Å²) in [5.74, 6) is 0.282. The molecule has 0 aromatic heterocycles. The Morgan fingerprint density at radius 3 is 2.64 bits per heavy atom. The number of benzene rings is 1. The van der Waals surface area contributed by atoms with Gasteiger partial charge in [0, 0.05) is 5.92 Å². The Morgan fingerprint density at radius 1 is 1.24 bits per heavy atom. The van der Waals surface area contributed by atoms with Crippen molar-refractivity contribution in [3.8, 4) is 0 Å². The predicted octanol–water partition coefficient (Wildman–Crippen LogP) is 4.22. The first-order valence-corrected chi connectivity index (χ1v) is 9.46. The second kappa shape index (κ2) is 9.93. The average Bonchev–Trinajstić information content (AvgIpc) is 2.62. The molecule has 0 saturated carbocycles. The van der Waals surface area contributed by atoms with E-state index in [1.807, 2.05) is 32.0 Å². The van der Waals surface area contributed by atoms with E-state index < -0.39 is 0 Å². The molecule has 0 N–H and O–H groups in total. The van der Waals surface area contributed by atoms with Crippen molar-refractivity contribution in [3.63, 3.8) is 0 Å². The second-order valence-corrected chi connectivity index (χ2v) is 7.21. The lowest BCUT2D eigenvalue weighted by molar-refractivity contribution is -0.167. The van der Waals surface area contributed by atoms with E-state index >= 15 is 0 Å². The summed E-state index contributed by atoms with van der Waals surface area (Å²) in [4.78, 5) is 12.1. The Labute approximate surface area is 151 Å². The van der Waals surface area contributed by atoms with Crippen molar-refractivity contribution in [2.75, 3.05) is 13.2 Å². The van der Waals surface area contributed by atoms with Gasteiger partial charge < -0.3 is 14.2 Å². The molecule has 2 rings (SSSR count). The molecule has 0 bridgehead atoms. The van der Waals surface area contributed by atoms with Crippen molar-refractivity contribution < 1.29 is 19.0 Å². The first kappa shape index (κ1) is 19.9. The Bertz CT molecular complexity index is 516. The van der Waals surface area contributed by atoms with Gasteiger partial charge in [0.25, 0.3) is 0 Å². The molecule has 1 fully saturated rings. The van der Waals surface area contributed by atoms with Crippen LogP contribution >= 0.6 is 0 Å². The predicted molar refractivity (Wildman–Crippen MR) is 98.1 cm³/mol. The molecule has 0 amide bonds. The average molecular weight is 348 g/mol. The molecule has 0 aliphatic carbocycles. The molecule has 1 heterocycles. The molecule has 0 spiro atoms. The van der Waals surface area contributed by atoms with Gasteiger partial charge in [-0.3, -0.25) is 4.79 Å². The van der Waals surface area contributed by atoms with E-state index in [-0.39, 0.29) is 24.1 Å². The van der Waals surface area contributed by atoms with Crippen LogP contribution in [-0.2, 0) is 25.6 Å². The first-order chi connectivity index (χ1) is 12.0. The van der Waals surface area contributed by atoms with Crippen LogP contribution in [0.4, 0.5) is 0 Å². The monoisotopic (exact) mass is 348 g/mol. The van der Waals surface area contributed by atoms with Crippen LogP contribution in [0.5, 0.6) is 0 Å². The summed E-state index contributed by atoms with van der Waals surface area (Å²) in [6.07, 6.45) is 2.15. The first-order valence-electron chi connectivity index (χ1n) is 9.46. The van der Waals surface area contributed by atoms with Crippen LogP contribution in [0.15, 0.2) is 30.3 Å². The second-order valence-electron chi connectivity index (χ2n) is 7.21. The molecule has 1 saturated heterocycles. The summed E-state index contributed by atoms with van der Waals surface area (Å²) >= 11 is 0.